The molecule has 2 aliphatic rings. The molecule has 0 radical (unpaired) electrons. The molecule has 1 aromatic carbocycles. The second-order valence-corrected chi connectivity index (χ2v) is 7.05. The predicted molar refractivity (Wildman–Crippen MR) is 105 cm³/mol. The number of benzene rings is 1. The summed E-state index contributed by atoms with van der Waals surface area (Å²) in [7, 11) is 1.23. The quantitative estimate of drug-likeness (QED) is 0.324. The van der Waals surface area contributed by atoms with Gasteiger partial charge in [-0.1, -0.05) is 6.07 Å². The number of amides is 1. The van der Waals surface area contributed by atoms with Crippen LogP contribution in [-0.2, 0) is 25.6 Å². The second kappa shape index (κ2) is 9.49. The maximum Gasteiger partial charge on any atom is 0.331 e. The van der Waals surface area contributed by atoms with Gasteiger partial charge < -0.3 is 14.6 Å². The maximum atomic E-state index is 11.8. The molecule has 2 N–H and O–H groups in total. The number of carbonyl (C=O) groups excluding carboxylic acids is 2. The average Bonchev–Trinajstić information content (AvgIpc) is 3.04. The number of thioether (sulfide) groups is 1. The Kier molecular flexibility index (Phi) is 6.80. The van der Waals surface area contributed by atoms with Crippen molar-refractivity contribution in [2.45, 2.75) is 6.54 Å². The highest BCUT2D eigenvalue weighted by molar-refractivity contribution is 8.18. The van der Waals surface area contributed by atoms with E-state index in [9.17, 15) is 14.7 Å². The van der Waals surface area contributed by atoms with Gasteiger partial charge in [-0.2, -0.15) is 5.10 Å². The van der Waals surface area contributed by atoms with Crippen LogP contribution >= 0.6 is 11.8 Å². The molecule has 1 aromatic rings. The lowest BCUT2D eigenvalue weighted by Gasteiger charge is -2.26. The summed E-state index contributed by atoms with van der Waals surface area (Å²) in [6.45, 7) is 3.94. The highest BCUT2D eigenvalue weighted by Crippen LogP contribution is 2.23. The molecule has 1 amide bonds. The number of hydrogen-bond acceptors (Lipinski definition) is 9. The summed E-state index contributed by atoms with van der Waals surface area (Å²) in [6, 6.07) is 5.33. The highest BCUT2D eigenvalue weighted by Gasteiger charge is 2.25. The zero-order valence-corrected chi connectivity index (χ0v) is 16.1. The molecule has 0 aliphatic carbocycles. The number of amidine groups is 1. The topological polar surface area (TPSA) is 113 Å². The summed E-state index contributed by atoms with van der Waals surface area (Å²) in [5, 5.41) is 20.6. The van der Waals surface area contributed by atoms with E-state index in [0.717, 1.165) is 56.2 Å². The van der Waals surface area contributed by atoms with Gasteiger partial charge in [-0.25, -0.2) is 4.79 Å². The van der Waals surface area contributed by atoms with Gasteiger partial charge in [-0.05, 0) is 29.5 Å². The average molecular weight is 404 g/mol. The summed E-state index contributed by atoms with van der Waals surface area (Å²) in [5.41, 5.74) is 1.57. The van der Waals surface area contributed by atoms with Crippen LogP contribution in [0.15, 0.2) is 39.4 Å². The van der Waals surface area contributed by atoms with Gasteiger partial charge in [0, 0.05) is 31.3 Å². The number of rotatable bonds is 5. The fourth-order valence-electron chi connectivity index (χ4n) is 2.61. The number of morpholine rings is 1. The fourth-order valence-corrected chi connectivity index (χ4v) is 3.35. The first-order valence-corrected chi connectivity index (χ1v) is 9.38. The van der Waals surface area contributed by atoms with Crippen molar-refractivity contribution in [1.29, 1.82) is 0 Å². The van der Waals surface area contributed by atoms with Crippen molar-refractivity contribution in [3.8, 4) is 5.75 Å². The van der Waals surface area contributed by atoms with Gasteiger partial charge in [-0.15, -0.1) is 5.10 Å². The number of ether oxygens (including phenoxy) is 2. The standard InChI is InChI=1S/C18H20N4O5S/c1-26-16(24)9-15-17(25)20-18(28-15)21-19-10-13-8-12(2-3-14(13)23)11-22-4-6-27-7-5-22/h2-3,8-10,23H,4-7,11H2,1H3,(H,20,21,25)/b15-9+,19-10?. The van der Waals surface area contributed by atoms with E-state index in [1.54, 1.807) is 6.07 Å². The lowest BCUT2D eigenvalue weighted by atomic mass is 10.1. The molecule has 0 aromatic heterocycles. The van der Waals surface area contributed by atoms with Crippen LogP contribution in [0.1, 0.15) is 11.1 Å². The zero-order chi connectivity index (χ0) is 19.9. The molecule has 28 heavy (non-hydrogen) atoms. The fraction of sp³-hybridized carbons (Fsp3) is 0.333. The van der Waals surface area contributed by atoms with E-state index in [1.165, 1.54) is 13.3 Å². The minimum atomic E-state index is -0.621. The first-order chi connectivity index (χ1) is 13.5. The largest absolute Gasteiger partial charge is 0.507 e. The van der Waals surface area contributed by atoms with E-state index in [2.05, 4.69) is 25.2 Å². The van der Waals surface area contributed by atoms with Crippen LogP contribution in [-0.4, -0.2) is 66.7 Å². The third-order valence-corrected chi connectivity index (χ3v) is 4.95. The van der Waals surface area contributed by atoms with Crippen LogP contribution in [0.25, 0.3) is 0 Å². The number of aromatic hydroxyl groups is 1. The highest BCUT2D eigenvalue weighted by atomic mass is 32.2. The number of nitrogens with zero attached hydrogens (tertiary/aromatic N) is 3. The van der Waals surface area contributed by atoms with Crippen LogP contribution in [0, 0.1) is 0 Å². The summed E-state index contributed by atoms with van der Waals surface area (Å²) >= 11 is 0.983. The lowest BCUT2D eigenvalue weighted by Crippen LogP contribution is -2.35. The molecular weight excluding hydrogens is 384 g/mol. The Hall–Kier alpha value is -2.69. The Balaban J connectivity index is 1.66. The van der Waals surface area contributed by atoms with Crippen molar-refractivity contribution < 1.29 is 24.2 Å². The molecule has 0 unspecified atom stereocenters. The molecule has 3 rings (SSSR count). The molecule has 0 bridgehead atoms. The minimum Gasteiger partial charge on any atom is -0.507 e. The first-order valence-electron chi connectivity index (χ1n) is 8.57. The van der Waals surface area contributed by atoms with Crippen molar-refractivity contribution in [2.24, 2.45) is 10.2 Å². The summed E-state index contributed by atoms with van der Waals surface area (Å²) < 4.78 is 9.84. The third kappa shape index (κ3) is 5.41. The van der Waals surface area contributed by atoms with Crippen molar-refractivity contribution >= 4 is 35.0 Å². The molecule has 148 valence electrons. The van der Waals surface area contributed by atoms with E-state index in [0.29, 0.717) is 5.56 Å². The molecule has 0 saturated carbocycles. The van der Waals surface area contributed by atoms with E-state index in [1.807, 2.05) is 12.1 Å². The van der Waals surface area contributed by atoms with Gasteiger partial charge in [0.1, 0.15) is 5.75 Å². The van der Waals surface area contributed by atoms with Crippen molar-refractivity contribution in [3.05, 3.63) is 40.3 Å². The van der Waals surface area contributed by atoms with Gasteiger partial charge in [0.15, 0.2) is 5.17 Å². The third-order valence-electron chi connectivity index (χ3n) is 4.05. The van der Waals surface area contributed by atoms with Crippen LogP contribution in [0.2, 0.25) is 0 Å². The Bertz CT molecular complexity index is 846. The van der Waals surface area contributed by atoms with Gasteiger partial charge in [-0.3, -0.25) is 15.0 Å². The van der Waals surface area contributed by atoms with Gasteiger partial charge >= 0.3 is 5.97 Å². The Morgan fingerprint density at radius 1 is 1.43 bits per heavy atom. The van der Waals surface area contributed by atoms with E-state index in [4.69, 9.17) is 4.74 Å². The van der Waals surface area contributed by atoms with Crippen LogP contribution < -0.4 is 5.32 Å². The number of phenols is 1. The number of hydrogen-bond donors (Lipinski definition) is 2. The SMILES string of the molecule is COC(=O)/C=C1/S/C(=N\N=Cc2cc(CN3CCOCC3)ccc2O)NC1=O. The molecule has 9 nitrogen and oxygen atoms in total. The normalized spacial score (nSPS) is 20.8. The van der Waals surface area contributed by atoms with Crippen LogP contribution in [0.5, 0.6) is 5.75 Å². The smallest absolute Gasteiger partial charge is 0.331 e. The molecule has 0 spiro atoms. The van der Waals surface area contributed by atoms with Gasteiger partial charge in [0.2, 0.25) is 0 Å². The van der Waals surface area contributed by atoms with Crippen molar-refractivity contribution in [3.63, 3.8) is 0 Å². The van der Waals surface area contributed by atoms with E-state index >= 15 is 0 Å². The van der Waals surface area contributed by atoms with E-state index < -0.39 is 11.9 Å². The number of carbonyl (C=O) groups is 2. The first kappa shape index (κ1) is 20.1. The molecule has 2 heterocycles. The molecule has 2 saturated heterocycles. The number of phenolic OH excluding ortho intramolecular Hbond substituents is 1. The van der Waals surface area contributed by atoms with Crippen LogP contribution in [0.4, 0.5) is 0 Å². The summed E-state index contributed by atoms with van der Waals surface area (Å²) in [5.74, 6) is -0.979. The maximum absolute atomic E-state index is 11.8. The Labute approximate surface area is 166 Å². The molecular formula is C18H20N4O5S. The minimum absolute atomic E-state index is 0.0871. The molecule has 2 fully saturated rings. The van der Waals surface area contributed by atoms with Gasteiger partial charge in [0.05, 0.1) is 31.4 Å². The second-order valence-electron chi connectivity index (χ2n) is 6.02. The number of methoxy groups -OCH3 is 1. The lowest BCUT2D eigenvalue weighted by molar-refractivity contribution is -0.135. The Morgan fingerprint density at radius 3 is 2.96 bits per heavy atom. The molecule has 10 heteroatoms. The Morgan fingerprint density at radius 2 is 2.21 bits per heavy atom. The zero-order valence-electron chi connectivity index (χ0n) is 15.3. The monoisotopic (exact) mass is 404 g/mol. The van der Waals surface area contributed by atoms with Crippen molar-refractivity contribution in [2.75, 3.05) is 33.4 Å². The summed E-state index contributed by atoms with van der Waals surface area (Å²) in [6.07, 6.45) is 2.51. The number of esters is 1. The predicted octanol–water partition coefficient (Wildman–Crippen LogP) is 0.834. The summed E-state index contributed by atoms with van der Waals surface area (Å²) in [4.78, 5) is 25.4. The van der Waals surface area contributed by atoms with E-state index in [-0.39, 0.29) is 15.8 Å². The van der Waals surface area contributed by atoms with Crippen LogP contribution in [0.3, 0.4) is 0 Å². The molecule has 2 aliphatic heterocycles. The van der Waals surface area contributed by atoms with Gasteiger partial charge in [0.25, 0.3) is 5.91 Å². The van der Waals surface area contributed by atoms with Crippen molar-refractivity contribution in [1.82, 2.24) is 10.2 Å². The molecule has 0 atom stereocenters. The number of nitrogens with one attached hydrogen (secondary N) is 1.